The van der Waals surface area contributed by atoms with Crippen molar-refractivity contribution in [2.24, 2.45) is 0 Å². The van der Waals surface area contributed by atoms with Crippen LogP contribution < -0.4 is 19.3 Å². The van der Waals surface area contributed by atoms with E-state index in [2.05, 4.69) is 18.2 Å². The number of fused-ring (bicyclic) bond motifs is 1. The summed E-state index contributed by atoms with van der Waals surface area (Å²) in [6.07, 6.45) is 0. The van der Waals surface area contributed by atoms with Crippen molar-refractivity contribution in [2.75, 3.05) is 40.4 Å². The molecule has 1 fully saturated rings. The van der Waals surface area contributed by atoms with Crippen molar-refractivity contribution < 1.29 is 24.4 Å². The molecule has 0 radical (unpaired) electrons. The predicted octanol–water partition coefficient (Wildman–Crippen LogP) is 1.05. The van der Waals surface area contributed by atoms with Gasteiger partial charge in [-0.05, 0) is 53.2 Å². The van der Waals surface area contributed by atoms with Crippen molar-refractivity contribution in [2.45, 2.75) is 13.1 Å². The van der Waals surface area contributed by atoms with Crippen LogP contribution in [0.1, 0.15) is 11.1 Å². The van der Waals surface area contributed by atoms with E-state index in [-0.39, 0.29) is 0 Å². The van der Waals surface area contributed by atoms with Gasteiger partial charge in [0.15, 0.2) is 0 Å². The van der Waals surface area contributed by atoms with Gasteiger partial charge in [-0.2, -0.15) is 0 Å². The van der Waals surface area contributed by atoms with Crippen LogP contribution in [0.25, 0.3) is 10.8 Å². The number of hydrogen-bond donors (Lipinski definition) is 3. The van der Waals surface area contributed by atoms with E-state index in [1.165, 1.54) is 10.5 Å². The Labute approximate surface area is 172 Å². The van der Waals surface area contributed by atoms with E-state index in [1.807, 2.05) is 36.4 Å². The molecule has 0 amide bonds. The van der Waals surface area contributed by atoms with Crippen LogP contribution in [0.4, 0.5) is 0 Å². The van der Waals surface area contributed by atoms with E-state index in [1.54, 1.807) is 19.1 Å². The number of benzene rings is 3. The number of quaternary nitrogens is 2. The molecule has 3 aromatic carbocycles. The second kappa shape index (κ2) is 8.72. The van der Waals surface area contributed by atoms with Crippen LogP contribution in [0.2, 0.25) is 0 Å². The highest BCUT2D eigenvalue weighted by atomic mass is 16.5. The smallest absolute Gasteiger partial charge is 0.127 e. The van der Waals surface area contributed by atoms with Gasteiger partial charge in [0.2, 0.25) is 0 Å². The topological polar surface area (TPSA) is 47.6 Å². The van der Waals surface area contributed by atoms with Gasteiger partial charge >= 0.3 is 0 Å². The Kier molecular flexibility index (Phi) is 5.88. The third kappa shape index (κ3) is 4.47. The fourth-order valence-electron chi connectivity index (χ4n) is 4.25. The highest BCUT2D eigenvalue weighted by Gasteiger charge is 2.24. The van der Waals surface area contributed by atoms with Crippen LogP contribution in [-0.4, -0.2) is 45.5 Å². The number of phenolic OH excluding ortho intramolecular Hbond substituents is 1. The molecular formula is C24H30N2O3+2. The van der Waals surface area contributed by atoms with Crippen LogP contribution >= 0.6 is 0 Å². The molecule has 3 N–H and O–H groups in total. The summed E-state index contributed by atoms with van der Waals surface area (Å²) in [5.41, 5.74) is 2.37. The molecule has 152 valence electrons. The Hall–Kier alpha value is -2.76. The van der Waals surface area contributed by atoms with Crippen LogP contribution in [0, 0.1) is 0 Å². The molecule has 5 nitrogen and oxygen atoms in total. The first-order valence-corrected chi connectivity index (χ1v) is 10.2. The second-order valence-corrected chi connectivity index (χ2v) is 7.85. The van der Waals surface area contributed by atoms with Crippen molar-refractivity contribution in [3.8, 4) is 17.2 Å². The molecule has 0 saturated carbocycles. The van der Waals surface area contributed by atoms with E-state index in [0.717, 1.165) is 67.1 Å². The number of piperazine rings is 1. The normalized spacial score (nSPS) is 19.2. The number of nitrogens with one attached hydrogen (secondary N) is 2. The maximum atomic E-state index is 10.5. The zero-order valence-corrected chi connectivity index (χ0v) is 17.2. The number of rotatable bonds is 6. The van der Waals surface area contributed by atoms with Crippen LogP contribution in [0.3, 0.4) is 0 Å². The molecule has 0 unspecified atom stereocenters. The minimum absolute atomic E-state index is 0.381. The molecule has 29 heavy (non-hydrogen) atoms. The standard InChI is InChI=1S/C24H28N2O3/c1-28-20-7-3-18(4-8-20)16-25-11-13-26(14-12-25)17-23-22-15-21(29-2)9-5-19(22)6-10-24(23)27/h3-10,15,27H,11-14,16-17H2,1-2H3/p+2. The van der Waals surface area contributed by atoms with E-state index >= 15 is 0 Å². The van der Waals surface area contributed by atoms with E-state index in [9.17, 15) is 5.11 Å². The summed E-state index contributed by atoms with van der Waals surface area (Å²) in [6, 6.07) is 18.2. The van der Waals surface area contributed by atoms with E-state index < -0.39 is 0 Å². The quantitative estimate of drug-likeness (QED) is 0.586. The summed E-state index contributed by atoms with van der Waals surface area (Å²) in [4.78, 5) is 3.14. The minimum atomic E-state index is 0.381. The van der Waals surface area contributed by atoms with Crippen molar-refractivity contribution in [3.63, 3.8) is 0 Å². The molecule has 4 rings (SSSR count). The third-order valence-electron chi connectivity index (χ3n) is 6.02. The molecule has 0 aliphatic carbocycles. The van der Waals surface area contributed by atoms with Gasteiger partial charge < -0.3 is 24.4 Å². The second-order valence-electron chi connectivity index (χ2n) is 7.85. The average molecular weight is 395 g/mol. The first kappa shape index (κ1) is 19.6. The predicted molar refractivity (Wildman–Crippen MR) is 114 cm³/mol. The molecule has 3 aromatic rings. The maximum absolute atomic E-state index is 10.5. The molecule has 5 heteroatoms. The Morgan fingerprint density at radius 1 is 0.759 bits per heavy atom. The number of hydrogen-bond acceptors (Lipinski definition) is 3. The van der Waals surface area contributed by atoms with Gasteiger partial charge in [-0.15, -0.1) is 0 Å². The molecule has 0 spiro atoms. The molecule has 1 aliphatic rings. The number of aromatic hydroxyl groups is 1. The largest absolute Gasteiger partial charge is 0.507 e. The molecule has 1 saturated heterocycles. The zero-order valence-electron chi connectivity index (χ0n) is 17.2. The van der Waals surface area contributed by atoms with E-state index in [4.69, 9.17) is 9.47 Å². The van der Waals surface area contributed by atoms with Gasteiger partial charge in [-0.25, -0.2) is 0 Å². The molecule has 0 atom stereocenters. The molecular weight excluding hydrogens is 364 g/mol. The summed E-state index contributed by atoms with van der Waals surface area (Å²) >= 11 is 0. The Morgan fingerprint density at radius 2 is 1.34 bits per heavy atom. The Bertz CT molecular complexity index is 964. The number of phenols is 1. The monoisotopic (exact) mass is 394 g/mol. The number of methoxy groups -OCH3 is 2. The van der Waals surface area contributed by atoms with Crippen molar-refractivity contribution in [1.82, 2.24) is 0 Å². The highest BCUT2D eigenvalue weighted by molar-refractivity contribution is 5.88. The highest BCUT2D eigenvalue weighted by Crippen LogP contribution is 2.29. The summed E-state index contributed by atoms with van der Waals surface area (Å²) < 4.78 is 10.6. The summed E-state index contributed by atoms with van der Waals surface area (Å²) in [6.45, 7) is 6.36. The third-order valence-corrected chi connectivity index (χ3v) is 6.02. The lowest BCUT2D eigenvalue weighted by Crippen LogP contribution is -3.27. The lowest BCUT2D eigenvalue weighted by Gasteiger charge is -2.30. The minimum Gasteiger partial charge on any atom is -0.507 e. The van der Waals surface area contributed by atoms with Gasteiger partial charge in [0, 0.05) is 5.56 Å². The Balaban J connectivity index is 1.41. The zero-order chi connectivity index (χ0) is 20.2. The van der Waals surface area contributed by atoms with Crippen molar-refractivity contribution in [3.05, 3.63) is 65.7 Å². The van der Waals surface area contributed by atoms with Crippen molar-refractivity contribution in [1.29, 1.82) is 0 Å². The van der Waals surface area contributed by atoms with Gasteiger partial charge in [0.1, 0.15) is 56.5 Å². The van der Waals surface area contributed by atoms with Gasteiger partial charge in [-0.3, -0.25) is 0 Å². The first-order valence-electron chi connectivity index (χ1n) is 10.2. The molecule has 0 aromatic heterocycles. The summed E-state index contributed by atoms with van der Waals surface area (Å²) in [7, 11) is 3.38. The lowest BCUT2D eigenvalue weighted by atomic mass is 10.0. The van der Waals surface area contributed by atoms with Crippen molar-refractivity contribution >= 4 is 10.8 Å². The average Bonchev–Trinajstić information content (AvgIpc) is 2.77. The van der Waals surface area contributed by atoms with Crippen LogP contribution in [0.5, 0.6) is 17.2 Å². The van der Waals surface area contributed by atoms with Crippen LogP contribution in [0.15, 0.2) is 54.6 Å². The van der Waals surface area contributed by atoms with Gasteiger partial charge in [0.25, 0.3) is 0 Å². The first-order chi connectivity index (χ1) is 14.2. The van der Waals surface area contributed by atoms with Gasteiger partial charge in [-0.1, -0.05) is 12.1 Å². The SMILES string of the molecule is COc1ccc(C[NH+]2CC[NH+](Cc3c(O)ccc4ccc(OC)cc34)CC2)cc1. The lowest BCUT2D eigenvalue weighted by molar-refractivity contribution is -1.02. The van der Waals surface area contributed by atoms with E-state index in [0.29, 0.717) is 5.75 Å². The summed E-state index contributed by atoms with van der Waals surface area (Å²) in [5.74, 6) is 2.11. The fourth-order valence-corrected chi connectivity index (χ4v) is 4.25. The molecule has 1 heterocycles. The number of ether oxygens (including phenoxy) is 2. The Morgan fingerprint density at radius 3 is 2.00 bits per heavy atom. The fraction of sp³-hybridized carbons (Fsp3) is 0.333. The molecule has 0 bridgehead atoms. The summed E-state index contributed by atoms with van der Waals surface area (Å²) in [5, 5.41) is 12.8. The van der Waals surface area contributed by atoms with Crippen LogP contribution in [-0.2, 0) is 13.1 Å². The maximum Gasteiger partial charge on any atom is 0.127 e. The molecule has 1 aliphatic heterocycles. The van der Waals surface area contributed by atoms with Gasteiger partial charge in [0.05, 0.1) is 19.8 Å².